The molecule has 1 N–H and O–H groups in total. The van der Waals surface area contributed by atoms with Crippen molar-refractivity contribution >= 4 is 11.0 Å². The maximum Gasteiger partial charge on any atom is 0.238 e. The van der Waals surface area contributed by atoms with Crippen molar-refractivity contribution in [2.75, 3.05) is 0 Å². The van der Waals surface area contributed by atoms with E-state index in [1.807, 2.05) is 29.3 Å². The van der Waals surface area contributed by atoms with Gasteiger partial charge >= 0.3 is 0 Å². The van der Waals surface area contributed by atoms with E-state index in [0.29, 0.717) is 12.3 Å². The summed E-state index contributed by atoms with van der Waals surface area (Å²) in [4.78, 5) is 11.7. The van der Waals surface area contributed by atoms with Crippen LogP contribution in [0.5, 0.6) is 0 Å². The Kier molecular flexibility index (Phi) is 4.95. The monoisotopic (exact) mass is 359 g/mol. The van der Waals surface area contributed by atoms with Crippen LogP contribution >= 0.6 is 0 Å². The number of fused-ring (bicyclic) bond motifs is 1. The lowest BCUT2D eigenvalue weighted by Crippen LogP contribution is -2.18. The molecule has 3 aromatic rings. The Hall–Kier alpha value is -2.31. The molecule has 1 atom stereocenters. The van der Waals surface area contributed by atoms with Crippen LogP contribution in [0, 0.1) is 5.92 Å². The van der Waals surface area contributed by atoms with Gasteiger partial charge in [-0.3, -0.25) is 4.68 Å². The Morgan fingerprint density at radius 1 is 1.19 bits per heavy atom. The number of nitrogens with one attached hydrogen (secondary N) is 1. The minimum absolute atomic E-state index is 0.0345. The van der Waals surface area contributed by atoms with Gasteiger partial charge in [-0.15, -0.1) is 0 Å². The lowest BCUT2D eigenvalue weighted by molar-refractivity contribution is 0.129. The zero-order chi connectivity index (χ0) is 17.9. The summed E-state index contributed by atoms with van der Waals surface area (Å²) in [5.74, 6) is 0.526. The van der Waals surface area contributed by atoms with E-state index in [1.165, 1.54) is 12.8 Å². The highest BCUT2D eigenvalue weighted by Gasteiger charge is 2.27. The first-order chi connectivity index (χ1) is 12.7. The zero-order valence-electron chi connectivity index (χ0n) is 14.6. The quantitative estimate of drug-likeness (QED) is 0.647. The van der Waals surface area contributed by atoms with E-state index in [0.717, 1.165) is 41.6 Å². The van der Waals surface area contributed by atoms with Crippen LogP contribution in [0.25, 0.3) is 22.3 Å². The smallest absolute Gasteiger partial charge is 0.238 e. The van der Waals surface area contributed by atoms with E-state index >= 15 is 0 Å². The van der Waals surface area contributed by atoms with E-state index in [2.05, 4.69) is 20.1 Å². The fourth-order valence-corrected chi connectivity index (χ4v) is 4.15. The molecule has 0 bridgehead atoms. The lowest BCUT2D eigenvalue weighted by atomic mass is 9.93. The third-order valence-electron chi connectivity index (χ3n) is 5.43. The maximum atomic E-state index is 12.6. The van der Waals surface area contributed by atoms with E-state index in [9.17, 15) is 8.78 Å². The summed E-state index contributed by atoms with van der Waals surface area (Å²) in [6.07, 6.45) is 11.0. The first-order valence-electron chi connectivity index (χ1n) is 9.33. The molecule has 26 heavy (non-hydrogen) atoms. The van der Waals surface area contributed by atoms with Gasteiger partial charge in [0.2, 0.25) is 6.43 Å². The summed E-state index contributed by atoms with van der Waals surface area (Å²) in [6, 6.07) is 2.15. The second-order valence-electron chi connectivity index (χ2n) is 7.11. The molecule has 4 rings (SSSR count). The highest BCUT2D eigenvalue weighted by Crippen LogP contribution is 2.38. The zero-order valence-corrected chi connectivity index (χ0v) is 14.6. The minimum Gasteiger partial charge on any atom is -0.346 e. The maximum absolute atomic E-state index is 12.6. The van der Waals surface area contributed by atoms with Gasteiger partial charge < -0.3 is 4.98 Å². The van der Waals surface area contributed by atoms with Gasteiger partial charge in [-0.2, -0.15) is 5.10 Å². The van der Waals surface area contributed by atoms with Crippen LogP contribution < -0.4 is 0 Å². The molecule has 7 heteroatoms. The van der Waals surface area contributed by atoms with Crippen LogP contribution in [0.3, 0.4) is 0 Å². The van der Waals surface area contributed by atoms with Gasteiger partial charge in [0.25, 0.3) is 0 Å². The molecule has 0 aromatic carbocycles. The first kappa shape index (κ1) is 17.1. The van der Waals surface area contributed by atoms with Crippen LogP contribution in [0.2, 0.25) is 0 Å². The van der Waals surface area contributed by atoms with E-state index in [1.54, 1.807) is 6.33 Å². The average Bonchev–Trinajstić information content (AvgIpc) is 3.39. The largest absolute Gasteiger partial charge is 0.346 e. The Balaban J connectivity index is 1.59. The van der Waals surface area contributed by atoms with Gasteiger partial charge in [0.05, 0.1) is 17.9 Å². The second-order valence-corrected chi connectivity index (χ2v) is 7.11. The van der Waals surface area contributed by atoms with Gasteiger partial charge in [0.1, 0.15) is 12.0 Å². The molecule has 0 spiro atoms. The van der Waals surface area contributed by atoms with Crippen LogP contribution in [-0.4, -0.2) is 31.2 Å². The Morgan fingerprint density at radius 2 is 2.04 bits per heavy atom. The van der Waals surface area contributed by atoms with Crippen molar-refractivity contribution < 1.29 is 8.78 Å². The molecule has 1 aliphatic carbocycles. The van der Waals surface area contributed by atoms with Crippen LogP contribution in [0.4, 0.5) is 8.78 Å². The molecular formula is C19H23F2N5. The Bertz CT molecular complexity index is 850. The van der Waals surface area contributed by atoms with Crippen molar-refractivity contribution in [1.29, 1.82) is 0 Å². The molecule has 1 fully saturated rings. The molecule has 1 unspecified atom stereocenters. The molecule has 3 heterocycles. The molecule has 0 radical (unpaired) electrons. The van der Waals surface area contributed by atoms with Gasteiger partial charge in [-0.1, -0.05) is 12.8 Å². The lowest BCUT2D eigenvalue weighted by Gasteiger charge is -2.24. The normalized spacial score (nSPS) is 16.7. The third kappa shape index (κ3) is 3.48. The van der Waals surface area contributed by atoms with Crippen LogP contribution in [0.1, 0.15) is 51.0 Å². The SMILES string of the molecule is FC(F)CCCC(C1CCCC1)n1cc(-c2ncnc3[nH]ccc23)cn1. The van der Waals surface area contributed by atoms with Gasteiger partial charge in [0, 0.05) is 29.8 Å². The molecule has 1 aliphatic rings. The molecule has 5 nitrogen and oxygen atoms in total. The summed E-state index contributed by atoms with van der Waals surface area (Å²) >= 11 is 0. The number of aromatic nitrogens is 5. The number of aromatic amines is 1. The summed E-state index contributed by atoms with van der Waals surface area (Å²) in [6.45, 7) is 0. The molecule has 0 aliphatic heterocycles. The Labute approximate surface area is 150 Å². The number of alkyl halides is 2. The van der Waals surface area contributed by atoms with Gasteiger partial charge in [-0.05, 0) is 37.7 Å². The molecule has 138 valence electrons. The summed E-state index contributed by atoms with van der Waals surface area (Å²) in [5.41, 5.74) is 2.58. The van der Waals surface area contributed by atoms with E-state index in [4.69, 9.17) is 0 Å². The van der Waals surface area contributed by atoms with Crippen molar-refractivity contribution in [2.24, 2.45) is 5.92 Å². The highest BCUT2D eigenvalue weighted by molar-refractivity contribution is 5.89. The van der Waals surface area contributed by atoms with Crippen molar-refractivity contribution in [3.63, 3.8) is 0 Å². The summed E-state index contributed by atoms with van der Waals surface area (Å²) in [5, 5.41) is 5.55. The minimum atomic E-state index is -2.23. The van der Waals surface area contributed by atoms with Crippen molar-refractivity contribution in [2.45, 2.75) is 57.4 Å². The molecular weight excluding hydrogens is 336 g/mol. The molecule has 3 aromatic heterocycles. The second kappa shape index (κ2) is 7.51. The van der Waals surface area contributed by atoms with Crippen molar-refractivity contribution in [3.05, 3.63) is 31.0 Å². The van der Waals surface area contributed by atoms with Crippen molar-refractivity contribution in [1.82, 2.24) is 24.7 Å². The van der Waals surface area contributed by atoms with E-state index in [-0.39, 0.29) is 12.5 Å². The number of nitrogens with zero attached hydrogens (tertiary/aromatic N) is 4. The Morgan fingerprint density at radius 3 is 2.85 bits per heavy atom. The number of H-pyrrole nitrogens is 1. The number of hydrogen-bond donors (Lipinski definition) is 1. The fourth-order valence-electron chi connectivity index (χ4n) is 4.15. The third-order valence-corrected chi connectivity index (χ3v) is 5.43. The summed E-state index contributed by atoms with van der Waals surface area (Å²) in [7, 11) is 0. The van der Waals surface area contributed by atoms with Gasteiger partial charge in [0.15, 0.2) is 0 Å². The van der Waals surface area contributed by atoms with Crippen LogP contribution in [0.15, 0.2) is 31.0 Å². The summed E-state index contributed by atoms with van der Waals surface area (Å²) < 4.78 is 27.1. The van der Waals surface area contributed by atoms with Gasteiger partial charge in [-0.25, -0.2) is 18.7 Å². The highest BCUT2D eigenvalue weighted by atomic mass is 19.3. The predicted molar refractivity (Wildman–Crippen MR) is 96.0 cm³/mol. The average molecular weight is 359 g/mol. The first-order valence-corrected chi connectivity index (χ1v) is 9.33. The van der Waals surface area contributed by atoms with Crippen molar-refractivity contribution in [3.8, 4) is 11.3 Å². The van der Waals surface area contributed by atoms with E-state index < -0.39 is 6.43 Å². The molecule has 1 saturated carbocycles. The number of rotatable bonds is 7. The molecule has 0 saturated heterocycles. The molecule has 0 amide bonds. The number of halogens is 2. The fraction of sp³-hybridized carbons (Fsp3) is 0.526. The predicted octanol–water partition coefficient (Wildman–Crippen LogP) is 4.99. The standard InChI is InChI=1S/C19H23F2N5/c20-17(21)7-3-6-16(13-4-1-2-5-13)26-11-14(10-25-26)18-15-8-9-22-19(15)24-12-23-18/h8-13,16-17H,1-7H2,(H,22,23,24). The topological polar surface area (TPSA) is 59.4 Å². The number of hydrogen-bond acceptors (Lipinski definition) is 3. The van der Waals surface area contributed by atoms with Crippen LogP contribution in [-0.2, 0) is 0 Å².